The maximum atomic E-state index is 12.4. The number of amides is 1. The lowest BCUT2D eigenvalue weighted by Crippen LogP contribution is -2.21. The van der Waals surface area contributed by atoms with Crippen LogP contribution in [-0.2, 0) is 11.3 Å². The van der Waals surface area contributed by atoms with E-state index in [0.29, 0.717) is 28.6 Å². The molecule has 142 valence electrons. The van der Waals surface area contributed by atoms with E-state index < -0.39 is 5.91 Å². The van der Waals surface area contributed by atoms with Crippen molar-refractivity contribution < 1.29 is 19.1 Å². The van der Waals surface area contributed by atoms with E-state index in [-0.39, 0.29) is 19.1 Å². The third kappa shape index (κ3) is 3.41. The quantitative estimate of drug-likeness (QED) is 0.677. The second kappa shape index (κ2) is 7.10. The van der Waals surface area contributed by atoms with E-state index in [1.54, 1.807) is 12.1 Å². The van der Waals surface area contributed by atoms with Crippen molar-refractivity contribution in [2.75, 3.05) is 12.1 Å². The van der Waals surface area contributed by atoms with Gasteiger partial charge in [-0.1, -0.05) is 24.3 Å². The Morgan fingerprint density at radius 3 is 2.68 bits per heavy atom. The number of aryl methyl sites for hydroxylation is 1. The first kappa shape index (κ1) is 17.7. The van der Waals surface area contributed by atoms with Crippen molar-refractivity contribution >= 4 is 17.4 Å². The summed E-state index contributed by atoms with van der Waals surface area (Å²) in [6.07, 6.45) is 0. The highest BCUT2D eigenvalue weighted by Gasteiger charge is 2.21. The van der Waals surface area contributed by atoms with Crippen LogP contribution in [0.3, 0.4) is 0 Å². The number of carbonyl (C=O) groups excluding carboxylic acids is 2. The number of fused-ring (bicyclic) bond motifs is 1. The van der Waals surface area contributed by atoms with Crippen molar-refractivity contribution in [3.05, 3.63) is 47.5 Å². The van der Waals surface area contributed by atoms with Gasteiger partial charge < -0.3 is 14.8 Å². The molecule has 4 rings (SSSR count). The number of ketones is 1. The molecule has 0 unspecified atom stereocenters. The van der Waals surface area contributed by atoms with Crippen molar-refractivity contribution in [3.63, 3.8) is 0 Å². The summed E-state index contributed by atoms with van der Waals surface area (Å²) in [7, 11) is 0. The Labute approximate surface area is 160 Å². The normalized spacial score (nSPS) is 12.1. The first-order valence-electron chi connectivity index (χ1n) is 8.59. The molecule has 0 bridgehead atoms. The number of anilines is 1. The van der Waals surface area contributed by atoms with Crippen molar-refractivity contribution in [1.29, 1.82) is 0 Å². The predicted molar refractivity (Wildman–Crippen MR) is 99.2 cm³/mol. The Kier molecular flexibility index (Phi) is 4.48. The zero-order chi connectivity index (χ0) is 19.7. The summed E-state index contributed by atoms with van der Waals surface area (Å²) in [6, 6.07) is 10.8. The number of nitrogens with zero attached hydrogens (tertiary/aromatic N) is 4. The van der Waals surface area contributed by atoms with Gasteiger partial charge in [0.25, 0.3) is 0 Å². The average molecular weight is 379 g/mol. The Morgan fingerprint density at radius 1 is 1.18 bits per heavy atom. The summed E-state index contributed by atoms with van der Waals surface area (Å²) >= 11 is 0. The molecule has 28 heavy (non-hydrogen) atoms. The van der Waals surface area contributed by atoms with Gasteiger partial charge in [-0.15, -0.1) is 10.2 Å². The van der Waals surface area contributed by atoms with E-state index in [4.69, 9.17) is 9.47 Å². The molecular formula is C19H17N5O4. The van der Waals surface area contributed by atoms with Gasteiger partial charge in [0, 0.05) is 17.2 Å². The molecule has 0 atom stereocenters. The Morgan fingerprint density at radius 2 is 1.93 bits per heavy atom. The SMILES string of the molecule is CC(=O)c1cc2c(cc1NC(=O)Cn1nnc(-c3ccccc3C)n1)OCO2. The van der Waals surface area contributed by atoms with Gasteiger partial charge in [0.1, 0.15) is 6.54 Å². The average Bonchev–Trinajstić information content (AvgIpc) is 3.30. The molecule has 0 radical (unpaired) electrons. The molecule has 3 aromatic rings. The fourth-order valence-corrected chi connectivity index (χ4v) is 2.90. The van der Waals surface area contributed by atoms with Crippen molar-refractivity contribution in [2.24, 2.45) is 0 Å². The van der Waals surface area contributed by atoms with Crippen LogP contribution in [0.1, 0.15) is 22.8 Å². The third-order valence-electron chi connectivity index (χ3n) is 4.29. The second-order valence-corrected chi connectivity index (χ2v) is 6.31. The number of ether oxygens (including phenoxy) is 2. The number of aromatic nitrogens is 4. The number of tetrazole rings is 1. The first-order valence-corrected chi connectivity index (χ1v) is 8.59. The standard InChI is InChI=1S/C19H17N5O4/c1-11-5-3-4-6-13(11)19-21-23-24(22-19)9-18(26)20-15-8-17-16(27-10-28-17)7-14(15)12(2)25/h3-8H,9-10H2,1-2H3,(H,20,26). The predicted octanol–water partition coefficient (Wildman–Crippen LogP) is 2.22. The highest BCUT2D eigenvalue weighted by Crippen LogP contribution is 2.37. The van der Waals surface area contributed by atoms with Crippen LogP contribution in [0, 0.1) is 6.92 Å². The van der Waals surface area contributed by atoms with Gasteiger partial charge in [0.05, 0.1) is 5.69 Å². The molecule has 9 nitrogen and oxygen atoms in total. The van der Waals surface area contributed by atoms with E-state index in [9.17, 15) is 9.59 Å². The van der Waals surface area contributed by atoms with E-state index in [1.807, 2.05) is 31.2 Å². The van der Waals surface area contributed by atoms with Crippen molar-refractivity contribution in [2.45, 2.75) is 20.4 Å². The summed E-state index contributed by atoms with van der Waals surface area (Å²) in [5.41, 5.74) is 2.55. The summed E-state index contributed by atoms with van der Waals surface area (Å²) in [6.45, 7) is 3.30. The number of hydrogen-bond acceptors (Lipinski definition) is 7. The van der Waals surface area contributed by atoms with Gasteiger partial charge in [-0.2, -0.15) is 4.80 Å². The van der Waals surface area contributed by atoms with Crippen LogP contribution in [-0.4, -0.2) is 38.7 Å². The summed E-state index contributed by atoms with van der Waals surface area (Å²) < 4.78 is 10.6. The van der Waals surface area contributed by atoms with E-state index >= 15 is 0 Å². The second-order valence-electron chi connectivity index (χ2n) is 6.31. The lowest BCUT2D eigenvalue weighted by molar-refractivity contribution is -0.117. The molecule has 1 aliphatic rings. The molecule has 2 heterocycles. The van der Waals surface area contributed by atoms with E-state index in [2.05, 4.69) is 20.7 Å². The van der Waals surface area contributed by atoms with Crippen LogP contribution in [0.5, 0.6) is 11.5 Å². The maximum Gasteiger partial charge on any atom is 0.248 e. The monoisotopic (exact) mass is 379 g/mol. The molecule has 1 amide bonds. The van der Waals surface area contributed by atoms with Crippen LogP contribution < -0.4 is 14.8 Å². The number of hydrogen-bond donors (Lipinski definition) is 1. The van der Waals surface area contributed by atoms with Crippen LogP contribution in [0.15, 0.2) is 36.4 Å². The molecule has 1 N–H and O–H groups in total. The molecular weight excluding hydrogens is 362 g/mol. The number of carbonyl (C=O) groups is 2. The summed E-state index contributed by atoms with van der Waals surface area (Å²) in [5, 5.41) is 14.9. The zero-order valence-electron chi connectivity index (χ0n) is 15.3. The van der Waals surface area contributed by atoms with Gasteiger partial charge in [-0.3, -0.25) is 9.59 Å². The summed E-state index contributed by atoms with van der Waals surface area (Å²) in [5.74, 6) is 0.799. The molecule has 0 fully saturated rings. The summed E-state index contributed by atoms with van der Waals surface area (Å²) in [4.78, 5) is 25.6. The van der Waals surface area contributed by atoms with Crippen LogP contribution in [0.4, 0.5) is 5.69 Å². The van der Waals surface area contributed by atoms with Gasteiger partial charge in [0.15, 0.2) is 17.3 Å². The van der Waals surface area contributed by atoms with E-state index in [1.165, 1.54) is 11.7 Å². The molecule has 9 heteroatoms. The Hall–Kier alpha value is -3.75. The van der Waals surface area contributed by atoms with Gasteiger partial charge in [-0.05, 0) is 30.7 Å². The topological polar surface area (TPSA) is 108 Å². The first-order chi connectivity index (χ1) is 13.5. The van der Waals surface area contributed by atoms with Crippen LogP contribution in [0.2, 0.25) is 0 Å². The Balaban J connectivity index is 1.51. The molecule has 1 aliphatic heterocycles. The van der Waals surface area contributed by atoms with Crippen molar-refractivity contribution in [1.82, 2.24) is 20.2 Å². The lowest BCUT2D eigenvalue weighted by Gasteiger charge is -2.10. The highest BCUT2D eigenvalue weighted by atomic mass is 16.7. The molecule has 1 aromatic heterocycles. The highest BCUT2D eigenvalue weighted by molar-refractivity contribution is 6.04. The van der Waals surface area contributed by atoms with E-state index in [0.717, 1.165) is 11.1 Å². The maximum absolute atomic E-state index is 12.4. The fourth-order valence-electron chi connectivity index (χ4n) is 2.90. The number of rotatable bonds is 5. The minimum absolute atomic E-state index is 0.0780. The fraction of sp³-hybridized carbons (Fsp3) is 0.211. The van der Waals surface area contributed by atoms with Crippen LogP contribution in [0.25, 0.3) is 11.4 Å². The zero-order valence-corrected chi connectivity index (χ0v) is 15.3. The number of nitrogens with one attached hydrogen (secondary N) is 1. The molecule has 0 spiro atoms. The largest absolute Gasteiger partial charge is 0.454 e. The van der Waals surface area contributed by atoms with Crippen molar-refractivity contribution in [3.8, 4) is 22.9 Å². The van der Waals surface area contributed by atoms with Gasteiger partial charge in [-0.25, -0.2) is 0 Å². The molecule has 0 aliphatic carbocycles. The molecule has 0 saturated heterocycles. The smallest absolute Gasteiger partial charge is 0.248 e. The van der Waals surface area contributed by atoms with Gasteiger partial charge in [0.2, 0.25) is 18.5 Å². The number of benzene rings is 2. The third-order valence-corrected chi connectivity index (χ3v) is 4.29. The molecule has 0 saturated carbocycles. The minimum atomic E-state index is -0.393. The number of Topliss-reactive ketones (excluding diaryl/α,β-unsaturated/α-hetero) is 1. The van der Waals surface area contributed by atoms with Gasteiger partial charge >= 0.3 is 0 Å². The lowest BCUT2D eigenvalue weighted by atomic mass is 10.1. The Bertz CT molecular complexity index is 1080. The van der Waals surface area contributed by atoms with Crippen LogP contribution >= 0.6 is 0 Å². The molecule has 2 aromatic carbocycles. The minimum Gasteiger partial charge on any atom is -0.454 e.